The molecule has 0 aromatic heterocycles. The van der Waals surface area contributed by atoms with Crippen molar-refractivity contribution in [3.05, 3.63) is 0 Å². The van der Waals surface area contributed by atoms with Crippen LogP contribution >= 0.6 is 0 Å². The monoisotopic (exact) mass is 288 g/mol. The van der Waals surface area contributed by atoms with Gasteiger partial charge in [-0.05, 0) is 19.3 Å². The van der Waals surface area contributed by atoms with Gasteiger partial charge in [0, 0.05) is 25.0 Å². The van der Waals surface area contributed by atoms with Crippen LogP contribution in [0.15, 0.2) is 0 Å². The van der Waals surface area contributed by atoms with E-state index in [1.165, 1.54) is 19.3 Å². The summed E-state index contributed by atoms with van der Waals surface area (Å²) < 4.78 is 23.0. The second-order valence-corrected chi connectivity index (χ2v) is 8.21. The summed E-state index contributed by atoms with van der Waals surface area (Å²) in [6, 6.07) is 0. The van der Waals surface area contributed by atoms with Crippen LogP contribution in [0.4, 0.5) is 0 Å². The predicted molar refractivity (Wildman–Crippen MR) is 74.5 cm³/mol. The molecule has 0 bridgehead atoms. The Balaban J connectivity index is 1.92. The van der Waals surface area contributed by atoms with E-state index >= 15 is 0 Å². The lowest BCUT2D eigenvalue weighted by atomic mass is 9.95. The minimum atomic E-state index is -3.04. The van der Waals surface area contributed by atoms with Crippen LogP contribution in [0, 0.1) is 0 Å². The Morgan fingerprint density at radius 1 is 1.11 bits per heavy atom. The molecule has 2 aliphatic rings. The van der Waals surface area contributed by atoms with Crippen molar-refractivity contribution in [2.24, 2.45) is 5.73 Å². The first-order valence-corrected chi connectivity index (χ1v) is 9.00. The Labute approximate surface area is 115 Å². The third-order valence-corrected chi connectivity index (χ3v) is 5.97. The average Bonchev–Trinajstić information content (AvgIpc) is 2.51. The standard InChI is InChI=1S/C13H24N2O3S/c14-13(6-9-19(17,18)11-13)10-12(16)15-7-4-2-1-3-5-8-15/h1-11,14H2. The van der Waals surface area contributed by atoms with E-state index in [0.29, 0.717) is 6.42 Å². The summed E-state index contributed by atoms with van der Waals surface area (Å²) in [5.41, 5.74) is 5.25. The number of hydrogen-bond acceptors (Lipinski definition) is 4. The molecule has 2 N–H and O–H groups in total. The Kier molecular flexibility index (Phi) is 4.50. The van der Waals surface area contributed by atoms with Crippen molar-refractivity contribution in [3.63, 3.8) is 0 Å². The Morgan fingerprint density at radius 3 is 2.21 bits per heavy atom. The molecule has 2 rings (SSSR count). The largest absolute Gasteiger partial charge is 0.343 e. The van der Waals surface area contributed by atoms with Crippen LogP contribution in [-0.2, 0) is 14.6 Å². The fourth-order valence-corrected chi connectivity index (χ4v) is 4.97. The number of nitrogens with zero attached hydrogens (tertiary/aromatic N) is 1. The van der Waals surface area contributed by atoms with Gasteiger partial charge in [0.25, 0.3) is 0 Å². The fourth-order valence-electron chi connectivity index (χ4n) is 2.99. The number of amides is 1. The SMILES string of the molecule is NC1(CC(=O)N2CCCCCCC2)CCS(=O)(=O)C1. The highest BCUT2D eigenvalue weighted by Gasteiger charge is 2.41. The molecule has 6 heteroatoms. The lowest BCUT2D eigenvalue weighted by Crippen LogP contribution is -2.47. The van der Waals surface area contributed by atoms with Crippen molar-refractivity contribution in [2.75, 3.05) is 24.6 Å². The van der Waals surface area contributed by atoms with E-state index in [9.17, 15) is 13.2 Å². The zero-order valence-corrected chi connectivity index (χ0v) is 12.3. The molecule has 2 heterocycles. The molecule has 0 saturated carbocycles. The Hall–Kier alpha value is -0.620. The highest BCUT2D eigenvalue weighted by atomic mass is 32.2. The molecule has 0 aromatic rings. The van der Waals surface area contributed by atoms with Crippen molar-refractivity contribution in [2.45, 2.75) is 50.5 Å². The van der Waals surface area contributed by atoms with Gasteiger partial charge >= 0.3 is 0 Å². The highest BCUT2D eigenvalue weighted by molar-refractivity contribution is 7.91. The molecule has 1 amide bonds. The number of hydrogen-bond donors (Lipinski definition) is 1. The first-order valence-electron chi connectivity index (χ1n) is 7.17. The summed E-state index contributed by atoms with van der Waals surface area (Å²) in [4.78, 5) is 14.2. The van der Waals surface area contributed by atoms with Gasteiger partial charge in [-0.2, -0.15) is 0 Å². The van der Waals surface area contributed by atoms with Crippen LogP contribution in [0.25, 0.3) is 0 Å². The molecule has 0 radical (unpaired) electrons. The molecule has 2 aliphatic heterocycles. The third kappa shape index (κ3) is 4.18. The van der Waals surface area contributed by atoms with Crippen LogP contribution in [0.2, 0.25) is 0 Å². The van der Waals surface area contributed by atoms with E-state index in [-0.39, 0.29) is 23.8 Å². The van der Waals surface area contributed by atoms with E-state index in [0.717, 1.165) is 25.9 Å². The predicted octanol–water partition coefficient (Wildman–Crippen LogP) is 0.685. The van der Waals surface area contributed by atoms with E-state index in [2.05, 4.69) is 0 Å². The Bertz CT molecular complexity index is 427. The molecular formula is C13H24N2O3S. The van der Waals surface area contributed by atoms with Crippen LogP contribution in [-0.4, -0.2) is 49.4 Å². The minimum Gasteiger partial charge on any atom is -0.343 e. The van der Waals surface area contributed by atoms with Gasteiger partial charge in [-0.25, -0.2) is 8.42 Å². The number of nitrogens with two attached hydrogens (primary N) is 1. The van der Waals surface area contributed by atoms with Gasteiger partial charge in [0.1, 0.15) is 0 Å². The molecule has 2 saturated heterocycles. The summed E-state index contributed by atoms with van der Waals surface area (Å²) in [5, 5.41) is 0. The number of rotatable bonds is 2. The van der Waals surface area contributed by atoms with Gasteiger partial charge in [-0.3, -0.25) is 4.79 Å². The van der Waals surface area contributed by atoms with Crippen LogP contribution < -0.4 is 5.73 Å². The first kappa shape index (κ1) is 14.8. The zero-order chi connectivity index (χ0) is 13.9. The fraction of sp³-hybridized carbons (Fsp3) is 0.923. The van der Waals surface area contributed by atoms with Gasteiger partial charge in [0.05, 0.1) is 11.5 Å². The molecule has 5 nitrogen and oxygen atoms in total. The van der Waals surface area contributed by atoms with Crippen LogP contribution in [0.3, 0.4) is 0 Å². The topological polar surface area (TPSA) is 80.5 Å². The number of sulfone groups is 1. The molecule has 0 aromatic carbocycles. The maximum absolute atomic E-state index is 12.3. The minimum absolute atomic E-state index is 0.0292. The van der Waals surface area contributed by atoms with Crippen molar-refractivity contribution in [3.8, 4) is 0 Å². The van der Waals surface area contributed by atoms with Gasteiger partial charge < -0.3 is 10.6 Å². The molecule has 1 unspecified atom stereocenters. The van der Waals surface area contributed by atoms with Gasteiger partial charge in [-0.1, -0.05) is 19.3 Å². The van der Waals surface area contributed by atoms with E-state index in [1.807, 2.05) is 4.90 Å². The van der Waals surface area contributed by atoms with Crippen molar-refractivity contribution in [1.29, 1.82) is 0 Å². The number of carbonyl (C=O) groups is 1. The summed E-state index contributed by atoms with van der Waals surface area (Å²) in [6.07, 6.45) is 6.27. The first-order chi connectivity index (χ1) is 8.90. The van der Waals surface area contributed by atoms with Crippen molar-refractivity contribution < 1.29 is 13.2 Å². The van der Waals surface area contributed by atoms with Gasteiger partial charge in [-0.15, -0.1) is 0 Å². The number of likely N-dealkylation sites (tertiary alicyclic amines) is 1. The molecular weight excluding hydrogens is 264 g/mol. The van der Waals surface area contributed by atoms with Crippen LogP contribution in [0.5, 0.6) is 0 Å². The second kappa shape index (κ2) is 5.79. The summed E-state index contributed by atoms with van der Waals surface area (Å²) in [5.74, 6) is 0.109. The normalized spacial score (nSPS) is 31.7. The second-order valence-electron chi connectivity index (χ2n) is 6.03. The number of carbonyl (C=O) groups excluding carboxylic acids is 1. The van der Waals surface area contributed by atoms with Crippen molar-refractivity contribution in [1.82, 2.24) is 4.90 Å². The lowest BCUT2D eigenvalue weighted by molar-refractivity contribution is -0.132. The maximum atomic E-state index is 12.3. The summed E-state index contributed by atoms with van der Waals surface area (Å²) in [6.45, 7) is 1.59. The third-order valence-electron chi connectivity index (χ3n) is 4.13. The molecule has 1 atom stereocenters. The van der Waals surface area contributed by atoms with Crippen molar-refractivity contribution >= 4 is 15.7 Å². The average molecular weight is 288 g/mol. The van der Waals surface area contributed by atoms with Gasteiger partial charge in [0.2, 0.25) is 5.91 Å². The zero-order valence-electron chi connectivity index (χ0n) is 11.4. The molecule has 0 spiro atoms. The van der Waals surface area contributed by atoms with E-state index in [1.54, 1.807) is 0 Å². The molecule has 0 aliphatic carbocycles. The highest BCUT2D eigenvalue weighted by Crippen LogP contribution is 2.25. The Morgan fingerprint density at radius 2 is 1.68 bits per heavy atom. The maximum Gasteiger partial charge on any atom is 0.224 e. The van der Waals surface area contributed by atoms with Gasteiger partial charge in [0.15, 0.2) is 9.84 Å². The lowest BCUT2D eigenvalue weighted by Gasteiger charge is -2.29. The van der Waals surface area contributed by atoms with E-state index in [4.69, 9.17) is 5.73 Å². The summed E-state index contributed by atoms with van der Waals surface area (Å²) >= 11 is 0. The van der Waals surface area contributed by atoms with E-state index < -0.39 is 15.4 Å². The molecule has 2 fully saturated rings. The smallest absolute Gasteiger partial charge is 0.224 e. The van der Waals surface area contributed by atoms with Crippen LogP contribution in [0.1, 0.15) is 44.9 Å². The molecule has 110 valence electrons. The molecule has 19 heavy (non-hydrogen) atoms. The summed E-state index contributed by atoms with van der Waals surface area (Å²) in [7, 11) is -3.04. The quantitative estimate of drug-likeness (QED) is 0.810.